The van der Waals surface area contributed by atoms with Crippen molar-refractivity contribution in [3.63, 3.8) is 0 Å². The Morgan fingerprint density at radius 1 is 1.24 bits per heavy atom. The molecule has 2 amide bonds. The van der Waals surface area contributed by atoms with Gasteiger partial charge in [-0.15, -0.1) is 0 Å². The lowest BCUT2D eigenvalue weighted by Crippen LogP contribution is -2.33. The number of hydrogen-bond acceptors (Lipinski definition) is 4. The van der Waals surface area contributed by atoms with Crippen LogP contribution in [0.15, 0.2) is 18.2 Å². The Balaban J connectivity index is 1.65. The standard InChI is InChI=1S/C15H14F2N6O2/c1-7-12-13(20-21-14(12)23(2)22-7)19-11(24)6-18-15(25)8-3-9(16)5-10(17)4-8/h3-5H,6H2,1-2H3,(H,18,25)(H2,19,20,21,24). The lowest BCUT2D eigenvalue weighted by atomic mass is 10.2. The van der Waals surface area contributed by atoms with E-state index in [4.69, 9.17) is 0 Å². The van der Waals surface area contributed by atoms with E-state index in [1.165, 1.54) is 0 Å². The lowest BCUT2D eigenvalue weighted by molar-refractivity contribution is -0.115. The number of rotatable bonds is 4. The largest absolute Gasteiger partial charge is 0.343 e. The SMILES string of the molecule is Cc1nn(C)c2n[nH]c(NC(=O)CNC(=O)c3cc(F)cc(F)c3)c12. The first-order valence-electron chi connectivity index (χ1n) is 7.27. The van der Waals surface area contributed by atoms with Crippen molar-refractivity contribution in [2.24, 2.45) is 7.05 Å². The number of fused-ring (bicyclic) bond motifs is 1. The van der Waals surface area contributed by atoms with Crippen molar-refractivity contribution in [1.82, 2.24) is 25.3 Å². The predicted molar refractivity (Wildman–Crippen MR) is 84.9 cm³/mol. The van der Waals surface area contributed by atoms with Gasteiger partial charge in [-0.05, 0) is 19.1 Å². The van der Waals surface area contributed by atoms with Crippen LogP contribution < -0.4 is 10.6 Å². The van der Waals surface area contributed by atoms with Crippen molar-refractivity contribution >= 4 is 28.7 Å². The summed E-state index contributed by atoms with van der Waals surface area (Å²) in [6.45, 7) is 1.39. The molecule has 0 unspecified atom stereocenters. The summed E-state index contributed by atoms with van der Waals surface area (Å²) < 4.78 is 27.8. The molecule has 3 aromatic rings. The fourth-order valence-electron chi connectivity index (χ4n) is 2.45. The number of carbonyl (C=O) groups excluding carboxylic acids is 2. The molecule has 3 N–H and O–H groups in total. The van der Waals surface area contributed by atoms with E-state index in [-0.39, 0.29) is 12.1 Å². The Morgan fingerprint density at radius 2 is 1.92 bits per heavy atom. The summed E-state index contributed by atoms with van der Waals surface area (Å²) in [6, 6.07) is 2.42. The Kier molecular flexibility index (Phi) is 4.17. The molecule has 8 nitrogen and oxygen atoms in total. The second-order valence-corrected chi connectivity index (χ2v) is 5.40. The van der Waals surface area contributed by atoms with Gasteiger partial charge in [-0.3, -0.25) is 14.7 Å². The first kappa shape index (κ1) is 16.6. The van der Waals surface area contributed by atoms with Crippen molar-refractivity contribution < 1.29 is 18.4 Å². The maximum Gasteiger partial charge on any atom is 0.251 e. The van der Waals surface area contributed by atoms with E-state index in [1.54, 1.807) is 18.7 Å². The predicted octanol–water partition coefficient (Wildman–Crippen LogP) is 1.25. The van der Waals surface area contributed by atoms with Crippen molar-refractivity contribution in [2.45, 2.75) is 6.92 Å². The quantitative estimate of drug-likeness (QED) is 0.660. The van der Waals surface area contributed by atoms with Crippen molar-refractivity contribution in [3.8, 4) is 0 Å². The van der Waals surface area contributed by atoms with Gasteiger partial charge in [0.1, 0.15) is 17.5 Å². The topological polar surface area (TPSA) is 105 Å². The van der Waals surface area contributed by atoms with Gasteiger partial charge in [0.15, 0.2) is 5.65 Å². The van der Waals surface area contributed by atoms with Crippen molar-refractivity contribution in [3.05, 3.63) is 41.1 Å². The Hall–Kier alpha value is -3.30. The maximum atomic E-state index is 13.1. The molecule has 0 aliphatic carbocycles. The molecule has 2 heterocycles. The zero-order chi connectivity index (χ0) is 18.1. The number of carbonyl (C=O) groups is 2. The zero-order valence-corrected chi connectivity index (χ0v) is 13.4. The molecule has 0 spiro atoms. The molecule has 10 heteroatoms. The summed E-state index contributed by atoms with van der Waals surface area (Å²) >= 11 is 0. The van der Waals surface area contributed by atoms with E-state index in [0.717, 1.165) is 12.1 Å². The number of halogens is 2. The van der Waals surface area contributed by atoms with Gasteiger partial charge in [-0.2, -0.15) is 10.2 Å². The van der Waals surface area contributed by atoms with Crippen LogP contribution in [0.4, 0.5) is 14.6 Å². The number of hydrogen-bond donors (Lipinski definition) is 3. The molecular formula is C15H14F2N6O2. The summed E-state index contributed by atoms with van der Waals surface area (Å²) in [5.41, 5.74) is 1.05. The molecule has 0 bridgehead atoms. The monoisotopic (exact) mass is 348 g/mol. The van der Waals surface area contributed by atoms with E-state index in [2.05, 4.69) is 25.9 Å². The van der Waals surface area contributed by atoms with Crippen LogP contribution in [0.3, 0.4) is 0 Å². The van der Waals surface area contributed by atoms with E-state index in [1.807, 2.05) is 0 Å². The minimum Gasteiger partial charge on any atom is -0.343 e. The van der Waals surface area contributed by atoms with Crippen LogP contribution in [0.25, 0.3) is 11.0 Å². The average Bonchev–Trinajstić information content (AvgIpc) is 3.06. The van der Waals surface area contributed by atoms with Gasteiger partial charge >= 0.3 is 0 Å². The van der Waals surface area contributed by atoms with Gasteiger partial charge in [0.05, 0.1) is 17.6 Å². The Bertz CT molecular complexity index is 958. The summed E-state index contributed by atoms with van der Waals surface area (Å²) in [7, 11) is 1.72. The highest BCUT2D eigenvalue weighted by Gasteiger charge is 2.16. The third-order valence-corrected chi connectivity index (χ3v) is 3.51. The molecule has 0 aliphatic heterocycles. The van der Waals surface area contributed by atoms with Gasteiger partial charge in [-0.25, -0.2) is 13.5 Å². The van der Waals surface area contributed by atoms with Gasteiger partial charge < -0.3 is 10.6 Å². The first-order chi connectivity index (χ1) is 11.8. The number of H-pyrrole nitrogens is 1. The Morgan fingerprint density at radius 3 is 2.60 bits per heavy atom. The lowest BCUT2D eigenvalue weighted by Gasteiger charge is -2.06. The summed E-state index contributed by atoms with van der Waals surface area (Å²) in [6.07, 6.45) is 0. The number of nitrogens with zero attached hydrogens (tertiary/aromatic N) is 3. The van der Waals surface area contributed by atoms with E-state index >= 15 is 0 Å². The molecule has 25 heavy (non-hydrogen) atoms. The van der Waals surface area contributed by atoms with Gasteiger partial charge in [0.2, 0.25) is 5.91 Å². The fraction of sp³-hybridized carbons (Fsp3) is 0.200. The number of anilines is 1. The molecule has 130 valence electrons. The van der Waals surface area contributed by atoms with Gasteiger partial charge in [-0.1, -0.05) is 0 Å². The first-order valence-corrected chi connectivity index (χ1v) is 7.27. The number of benzene rings is 1. The van der Waals surface area contributed by atoms with Crippen LogP contribution in [0.5, 0.6) is 0 Å². The van der Waals surface area contributed by atoms with Crippen LogP contribution in [-0.4, -0.2) is 38.3 Å². The highest BCUT2D eigenvalue weighted by Crippen LogP contribution is 2.22. The molecule has 1 aromatic carbocycles. The van der Waals surface area contributed by atoms with E-state index in [9.17, 15) is 18.4 Å². The molecule has 0 fully saturated rings. The number of nitrogens with one attached hydrogen (secondary N) is 3. The zero-order valence-electron chi connectivity index (χ0n) is 13.4. The number of amides is 2. The minimum absolute atomic E-state index is 0.211. The summed E-state index contributed by atoms with van der Waals surface area (Å²) in [5.74, 6) is -2.68. The molecule has 0 radical (unpaired) electrons. The maximum absolute atomic E-state index is 13.1. The van der Waals surface area contributed by atoms with Crippen molar-refractivity contribution in [1.29, 1.82) is 0 Å². The fourth-order valence-corrected chi connectivity index (χ4v) is 2.45. The van der Waals surface area contributed by atoms with Crippen LogP contribution in [0.1, 0.15) is 16.1 Å². The Labute approximate surface area is 140 Å². The van der Waals surface area contributed by atoms with Gasteiger partial charge in [0, 0.05) is 18.7 Å². The van der Waals surface area contributed by atoms with Crippen LogP contribution in [0, 0.1) is 18.6 Å². The van der Waals surface area contributed by atoms with Crippen LogP contribution in [0.2, 0.25) is 0 Å². The number of aromatic nitrogens is 4. The third kappa shape index (κ3) is 3.32. The van der Waals surface area contributed by atoms with E-state index in [0.29, 0.717) is 28.6 Å². The molecule has 0 saturated heterocycles. The van der Waals surface area contributed by atoms with Crippen molar-refractivity contribution in [2.75, 3.05) is 11.9 Å². The molecule has 0 aliphatic rings. The van der Waals surface area contributed by atoms with Crippen LogP contribution in [-0.2, 0) is 11.8 Å². The molecule has 0 saturated carbocycles. The average molecular weight is 348 g/mol. The minimum atomic E-state index is -0.874. The second kappa shape index (κ2) is 6.30. The smallest absolute Gasteiger partial charge is 0.251 e. The molecule has 3 rings (SSSR count). The van der Waals surface area contributed by atoms with E-state index < -0.39 is 23.4 Å². The summed E-state index contributed by atoms with van der Waals surface area (Å²) in [4.78, 5) is 23.9. The molecular weight excluding hydrogens is 334 g/mol. The highest BCUT2D eigenvalue weighted by molar-refractivity contribution is 6.03. The normalized spacial score (nSPS) is 10.9. The highest BCUT2D eigenvalue weighted by atomic mass is 19.1. The van der Waals surface area contributed by atoms with Gasteiger partial charge in [0.25, 0.3) is 5.91 Å². The van der Waals surface area contributed by atoms with Crippen LogP contribution >= 0.6 is 0 Å². The molecule has 2 aromatic heterocycles. The number of aromatic amines is 1. The molecule has 0 atom stereocenters. The second-order valence-electron chi connectivity index (χ2n) is 5.40. The number of aryl methyl sites for hydroxylation is 2. The third-order valence-electron chi connectivity index (χ3n) is 3.51. The summed E-state index contributed by atoms with van der Waals surface area (Å²) in [5, 5.41) is 16.5.